The minimum Gasteiger partial charge on any atom is -0.489 e. The average molecular weight is 394 g/mol. The Bertz CT molecular complexity index is 1060. The summed E-state index contributed by atoms with van der Waals surface area (Å²) in [6.07, 6.45) is 1.74. The van der Waals surface area contributed by atoms with Crippen molar-refractivity contribution in [2.24, 2.45) is 7.05 Å². The quantitative estimate of drug-likeness (QED) is 0.489. The van der Waals surface area contributed by atoms with E-state index in [0.717, 1.165) is 16.8 Å². The van der Waals surface area contributed by atoms with Crippen LogP contribution in [0.2, 0.25) is 0 Å². The number of nitrogens with one attached hydrogen (secondary N) is 1. The number of carbonyl (C=O) groups excluding carboxylic acids is 1. The van der Waals surface area contributed by atoms with Gasteiger partial charge in [0.15, 0.2) is 0 Å². The summed E-state index contributed by atoms with van der Waals surface area (Å²) >= 11 is 0. The topological polar surface area (TPSA) is 99.3 Å². The number of nitrogens with zero attached hydrogens (tertiary/aromatic N) is 3. The van der Waals surface area contributed by atoms with Gasteiger partial charge in [-0.15, -0.1) is 0 Å². The maximum atomic E-state index is 12.5. The van der Waals surface area contributed by atoms with Crippen molar-refractivity contribution in [2.75, 3.05) is 0 Å². The lowest BCUT2D eigenvalue weighted by Gasteiger charge is -2.09. The van der Waals surface area contributed by atoms with Crippen LogP contribution < -0.4 is 10.1 Å². The lowest BCUT2D eigenvalue weighted by atomic mass is 10.1. The first-order valence-corrected chi connectivity index (χ1v) is 9.07. The third-order valence-electron chi connectivity index (χ3n) is 4.74. The van der Waals surface area contributed by atoms with Gasteiger partial charge < -0.3 is 10.1 Å². The largest absolute Gasteiger partial charge is 0.489 e. The number of carbonyl (C=O) groups is 1. The molecule has 0 atom stereocenters. The maximum Gasteiger partial charge on any atom is 0.272 e. The van der Waals surface area contributed by atoms with E-state index in [1.807, 2.05) is 20.0 Å². The summed E-state index contributed by atoms with van der Waals surface area (Å²) < 4.78 is 7.49. The second-order valence-corrected chi connectivity index (χ2v) is 6.76. The number of ether oxygens (including phenoxy) is 1. The average Bonchev–Trinajstić information content (AvgIpc) is 3.02. The van der Waals surface area contributed by atoms with E-state index in [4.69, 9.17) is 4.74 Å². The Kier molecular flexibility index (Phi) is 5.92. The molecule has 0 radical (unpaired) electrons. The Balaban J connectivity index is 1.61. The highest BCUT2D eigenvalue weighted by Crippen LogP contribution is 2.23. The molecule has 0 aliphatic carbocycles. The Hall–Kier alpha value is -3.68. The molecule has 0 saturated heterocycles. The van der Waals surface area contributed by atoms with Gasteiger partial charge in [0.2, 0.25) is 0 Å². The third-order valence-corrected chi connectivity index (χ3v) is 4.74. The number of hydrogen-bond acceptors (Lipinski definition) is 5. The van der Waals surface area contributed by atoms with Gasteiger partial charge >= 0.3 is 0 Å². The Labute approximate surface area is 168 Å². The van der Waals surface area contributed by atoms with E-state index in [2.05, 4.69) is 10.4 Å². The second-order valence-electron chi connectivity index (χ2n) is 6.76. The molecule has 8 heteroatoms. The summed E-state index contributed by atoms with van der Waals surface area (Å²) in [5.74, 6) is 0.358. The fraction of sp³-hybridized carbons (Fsp3) is 0.238. The number of hydrogen-bond donors (Lipinski definition) is 1. The normalized spacial score (nSPS) is 10.6. The van der Waals surface area contributed by atoms with Gasteiger partial charge in [-0.1, -0.05) is 12.1 Å². The van der Waals surface area contributed by atoms with Crippen molar-refractivity contribution < 1.29 is 14.5 Å². The van der Waals surface area contributed by atoms with Crippen LogP contribution in [0.15, 0.2) is 48.7 Å². The fourth-order valence-electron chi connectivity index (χ4n) is 2.89. The molecule has 0 aliphatic rings. The number of benzene rings is 2. The van der Waals surface area contributed by atoms with Gasteiger partial charge in [-0.25, -0.2) is 0 Å². The molecule has 0 spiro atoms. The van der Waals surface area contributed by atoms with E-state index in [-0.39, 0.29) is 18.2 Å². The summed E-state index contributed by atoms with van der Waals surface area (Å²) in [7, 11) is 1.86. The van der Waals surface area contributed by atoms with Gasteiger partial charge in [0.1, 0.15) is 12.4 Å². The van der Waals surface area contributed by atoms with Gasteiger partial charge in [-0.2, -0.15) is 5.10 Å². The van der Waals surface area contributed by atoms with Crippen LogP contribution in [0.4, 0.5) is 5.69 Å². The Morgan fingerprint density at radius 1 is 1.24 bits per heavy atom. The van der Waals surface area contributed by atoms with Crippen LogP contribution >= 0.6 is 0 Å². The van der Waals surface area contributed by atoms with Crippen molar-refractivity contribution in [2.45, 2.75) is 27.0 Å². The summed E-state index contributed by atoms with van der Waals surface area (Å²) in [4.78, 5) is 22.9. The van der Waals surface area contributed by atoms with Crippen LogP contribution in [-0.4, -0.2) is 20.6 Å². The molecule has 1 N–H and O–H groups in total. The van der Waals surface area contributed by atoms with Crippen molar-refractivity contribution in [3.05, 3.63) is 86.7 Å². The molecular weight excluding hydrogens is 372 g/mol. The van der Waals surface area contributed by atoms with Crippen molar-refractivity contribution in [3.8, 4) is 5.75 Å². The minimum absolute atomic E-state index is 0.0554. The van der Waals surface area contributed by atoms with Crippen molar-refractivity contribution in [1.29, 1.82) is 0 Å². The highest BCUT2D eigenvalue weighted by Gasteiger charge is 2.12. The molecule has 29 heavy (non-hydrogen) atoms. The maximum absolute atomic E-state index is 12.5. The number of nitro groups is 1. The fourth-order valence-corrected chi connectivity index (χ4v) is 2.89. The monoisotopic (exact) mass is 394 g/mol. The molecule has 8 nitrogen and oxygen atoms in total. The Morgan fingerprint density at radius 2 is 2.03 bits per heavy atom. The molecular formula is C21H22N4O4. The zero-order valence-corrected chi connectivity index (χ0v) is 16.5. The first-order chi connectivity index (χ1) is 13.8. The molecule has 1 amide bonds. The van der Waals surface area contributed by atoms with Gasteiger partial charge in [0, 0.05) is 42.0 Å². The van der Waals surface area contributed by atoms with E-state index < -0.39 is 4.92 Å². The van der Waals surface area contributed by atoms with Crippen molar-refractivity contribution in [1.82, 2.24) is 15.1 Å². The molecule has 0 aliphatic heterocycles. The number of amides is 1. The third kappa shape index (κ3) is 4.78. The molecule has 3 aromatic rings. The van der Waals surface area contributed by atoms with E-state index in [0.29, 0.717) is 23.4 Å². The molecule has 0 fully saturated rings. The molecule has 0 unspecified atom stereocenters. The molecule has 0 saturated carbocycles. The number of rotatable bonds is 7. The van der Waals surface area contributed by atoms with E-state index in [9.17, 15) is 14.9 Å². The van der Waals surface area contributed by atoms with Crippen LogP contribution in [0.5, 0.6) is 5.75 Å². The van der Waals surface area contributed by atoms with Crippen LogP contribution in [0.3, 0.4) is 0 Å². The second kappa shape index (κ2) is 8.55. The van der Waals surface area contributed by atoms with Crippen LogP contribution in [0, 0.1) is 24.0 Å². The molecule has 1 heterocycles. The standard InChI is InChI=1S/C21H22N4O4/c1-14-9-19(7-8-20(14)25(27)28)29-13-16-5-4-6-17(10-16)21(26)22-11-18-12-23-24(3)15(18)2/h4-10,12H,11,13H2,1-3H3,(H,22,26). The predicted molar refractivity (Wildman–Crippen MR) is 108 cm³/mol. The lowest BCUT2D eigenvalue weighted by molar-refractivity contribution is -0.385. The van der Waals surface area contributed by atoms with Gasteiger partial charge in [-0.3, -0.25) is 19.6 Å². The zero-order valence-electron chi connectivity index (χ0n) is 16.5. The van der Waals surface area contributed by atoms with Gasteiger partial charge in [0.25, 0.3) is 11.6 Å². The molecule has 3 rings (SSSR count). The molecule has 0 bridgehead atoms. The first-order valence-electron chi connectivity index (χ1n) is 9.07. The summed E-state index contributed by atoms with van der Waals surface area (Å²) in [5.41, 5.74) is 3.92. The van der Waals surface area contributed by atoms with Gasteiger partial charge in [0.05, 0.1) is 11.1 Å². The summed E-state index contributed by atoms with van der Waals surface area (Å²) in [5, 5.41) is 18.0. The van der Waals surface area contributed by atoms with E-state index in [1.165, 1.54) is 6.07 Å². The smallest absolute Gasteiger partial charge is 0.272 e. The van der Waals surface area contributed by atoms with E-state index in [1.54, 1.807) is 48.1 Å². The highest BCUT2D eigenvalue weighted by atomic mass is 16.6. The Morgan fingerprint density at radius 3 is 2.69 bits per heavy atom. The molecule has 150 valence electrons. The van der Waals surface area contributed by atoms with Crippen molar-refractivity contribution in [3.63, 3.8) is 0 Å². The highest BCUT2D eigenvalue weighted by molar-refractivity contribution is 5.94. The summed E-state index contributed by atoms with van der Waals surface area (Å²) in [6, 6.07) is 11.8. The van der Waals surface area contributed by atoms with E-state index >= 15 is 0 Å². The van der Waals surface area contributed by atoms with Crippen molar-refractivity contribution >= 4 is 11.6 Å². The first kappa shape index (κ1) is 20.1. The molecule has 1 aromatic heterocycles. The predicted octanol–water partition coefficient (Wildman–Crippen LogP) is 3.45. The zero-order chi connectivity index (χ0) is 21.0. The minimum atomic E-state index is -0.422. The number of aromatic nitrogens is 2. The molecule has 2 aromatic carbocycles. The van der Waals surface area contributed by atoms with Crippen LogP contribution in [0.1, 0.15) is 32.7 Å². The number of nitro benzene ring substituents is 1. The van der Waals surface area contributed by atoms with Gasteiger partial charge in [-0.05, 0) is 43.7 Å². The lowest BCUT2D eigenvalue weighted by Crippen LogP contribution is -2.23. The van der Waals surface area contributed by atoms with Crippen LogP contribution in [-0.2, 0) is 20.2 Å². The number of aryl methyl sites for hydroxylation is 2. The summed E-state index contributed by atoms with van der Waals surface area (Å²) in [6.45, 7) is 4.27. The SMILES string of the molecule is Cc1cc(OCc2cccc(C(=O)NCc3cnn(C)c3C)c2)ccc1[N+](=O)[O-]. The van der Waals surface area contributed by atoms with Crippen LogP contribution in [0.25, 0.3) is 0 Å².